The maximum atomic E-state index is 14.0. The number of anilines is 1. The van der Waals surface area contributed by atoms with E-state index in [1.54, 1.807) is 44.2 Å². The van der Waals surface area contributed by atoms with E-state index in [-0.39, 0.29) is 11.4 Å². The molecule has 12 heteroatoms. The number of likely N-dealkylation sites (N-methyl/N-ethyl adjacent to an activating group) is 1. The molecule has 0 aliphatic carbocycles. The molecule has 2 aliphatic rings. The minimum Gasteiger partial charge on any atom is -0.497 e. The minimum atomic E-state index is -3.65. The van der Waals surface area contributed by atoms with Crippen molar-refractivity contribution < 1.29 is 32.3 Å². The molecule has 2 aromatic carbocycles. The molecule has 0 N–H and O–H groups in total. The van der Waals surface area contributed by atoms with Gasteiger partial charge in [0.25, 0.3) is 5.91 Å². The summed E-state index contributed by atoms with van der Waals surface area (Å²) in [4.78, 5) is 56.7. The Morgan fingerprint density at radius 2 is 1.59 bits per heavy atom. The van der Waals surface area contributed by atoms with Crippen molar-refractivity contribution in [3.8, 4) is 5.75 Å². The molecular weight excluding hydrogens is 524 g/mol. The molecule has 1 saturated heterocycles. The van der Waals surface area contributed by atoms with E-state index in [0.29, 0.717) is 35.7 Å². The molecular formula is C27H32N4O7S. The molecule has 0 saturated carbocycles. The normalized spacial score (nSPS) is 18.9. The summed E-state index contributed by atoms with van der Waals surface area (Å²) in [5, 5.41) is 0. The van der Waals surface area contributed by atoms with Crippen LogP contribution in [-0.2, 0) is 41.2 Å². The molecule has 0 radical (unpaired) electrons. The third-order valence-corrected chi connectivity index (χ3v) is 9.36. The van der Waals surface area contributed by atoms with Crippen LogP contribution in [0.2, 0.25) is 0 Å². The van der Waals surface area contributed by atoms with Gasteiger partial charge >= 0.3 is 0 Å². The average Bonchev–Trinajstić information content (AvgIpc) is 3.29. The Bertz CT molecular complexity index is 1430. The van der Waals surface area contributed by atoms with E-state index < -0.39 is 52.0 Å². The minimum absolute atomic E-state index is 0.0452. The van der Waals surface area contributed by atoms with E-state index in [4.69, 9.17) is 4.74 Å². The predicted molar refractivity (Wildman–Crippen MR) is 142 cm³/mol. The van der Waals surface area contributed by atoms with Gasteiger partial charge in [0.05, 0.1) is 25.0 Å². The van der Waals surface area contributed by atoms with Crippen molar-refractivity contribution in [2.45, 2.75) is 37.1 Å². The lowest BCUT2D eigenvalue weighted by Crippen LogP contribution is -2.48. The van der Waals surface area contributed by atoms with E-state index in [1.165, 1.54) is 47.4 Å². The van der Waals surface area contributed by atoms with Gasteiger partial charge < -0.3 is 14.5 Å². The number of carbonyl (C=O) groups is 4. The van der Waals surface area contributed by atoms with Crippen LogP contribution in [0.15, 0.2) is 47.4 Å². The van der Waals surface area contributed by atoms with Gasteiger partial charge in [-0.25, -0.2) is 8.42 Å². The Labute approximate surface area is 228 Å². The topological polar surface area (TPSA) is 125 Å². The summed E-state index contributed by atoms with van der Waals surface area (Å²) in [6, 6.07) is 11.1. The van der Waals surface area contributed by atoms with Gasteiger partial charge in [0, 0.05) is 38.4 Å². The number of benzene rings is 2. The first-order valence-electron chi connectivity index (χ1n) is 12.6. The standard InChI is InChI=1S/C27H32N4O7S/c1-6-29(7-2)39(36,37)20-11-8-18(9-12-20)16-30-22-13-10-19(38-5)14-21(22)27(25(30)34)15-23(32)31(26(27)35)17-24(33)28(3)4/h8-14H,6-7,15-17H2,1-5H3. The Kier molecular flexibility index (Phi) is 7.55. The number of sulfonamides is 1. The molecule has 11 nitrogen and oxygen atoms in total. The smallest absolute Gasteiger partial charge is 0.250 e. The van der Waals surface area contributed by atoms with Crippen LogP contribution >= 0.6 is 0 Å². The van der Waals surface area contributed by atoms with E-state index in [1.807, 2.05) is 0 Å². The number of amides is 4. The zero-order valence-electron chi connectivity index (χ0n) is 22.6. The second-order valence-corrected chi connectivity index (χ2v) is 11.6. The predicted octanol–water partition coefficient (Wildman–Crippen LogP) is 1.36. The first-order chi connectivity index (χ1) is 18.4. The van der Waals surface area contributed by atoms with Crippen molar-refractivity contribution in [2.75, 3.05) is 45.7 Å². The van der Waals surface area contributed by atoms with Crippen molar-refractivity contribution in [1.29, 1.82) is 0 Å². The van der Waals surface area contributed by atoms with Gasteiger partial charge in [-0.15, -0.1) is 0 Å². The van der Waals surface area contributed by atoms with Crippen molar-refractivity contribution in [1.82, 2.24) is 14.1 Å². The zero-order valence-corrected chi connectivity index (χ0v) is 23.4. The molecule has 2 aliphatic heterocycles. The highest BCUT2D eigenvalue weighted by Gasteiger charge is 2.64. The molecule has 1 fully saturated rings. The summed E-state index contributed by atoms with van der Waals surface area (Å²) in [5.74, 6) is -1.96. The third-order valence-electron chi connectivity index (χ3n) is 7.29. The first-order valence-corrected chi connectivity index (χ1v) is 14.0. The quantitative estimate of drug-likeness (QED) is 0.337. The molecule has 1 spiro atoms. The maximum Gasteiger partial charge on any atom is 0.250 e. The first kappa shape index (κ1) is 28.2. The van der Waals surface area contributed by atoms with Gasteiger partial charge in [-0.2, -0.15) is 4.31 Å². The second-order valence-electron chi connectivity index (χ2n) is 9.66. The molecule has 2 heterocycles. The number of imide groups is 1. The maximum absolute atomic E-state index is 14.0. The SMILES string of the molecule is CCN(CC)S(=O)(=O)c1ccc(CN2C(=O)C3(CC(=O)N(CC(=O)N(C)C)C3=O)c3cc(OC)ccc32)cc1. The summed E-state index contributed by atoms with van der Waals surface area (Å²) < 4.78 is 32.4. The molecule has 4 rings (SSSR count). The summed E-state index contributed by atoms with van der Waals surface area (Å²) in [6.07, 6.45) is -0.400. The number of fused-ring (bicyclic) bond motifs is 2. The van der Waals surface area contributed by atoms with Crippen LogP contribution in [-0.4, -0.2) is 87.0 Å². The fraction of sp³-hybridized carbons (Fsp3) is 0.407. The fourth-order valence-electron chi connectivity index (χ4n) is 5.05. The van der Waals surface area contributed by atoms with Crippen LogP contribution in [0.3, 0.4) is 0 Å². The Morgan fingerprint density at radius 1 is 0.974 bits per heavy atom. The monoisotopic (exact) mass is 556 g/mol. The van der Waals surface area contributed by atoms with Gasteiger partial charge in [-0.05, 0) is 35.9 Å². The van der Waals surface area contributed by atoms with Gasteiger partial charge in [-0.1, -0.05) is 26.0 Å². The van der Waals surface area contributed by atoms with Crippen LogP contribution in [0, 0.1) is 0 Å². The van der Waals surface area contributed by atoms with Gasteiger partial charge in [-0.3, -0.25) is 24.1 Å². The highest BCUT2D eigenvalue weighted by molar-refractivity contribution is 7.89. The summed E-state index contributed by atoms with van der Waals surface area (Å²) >= 11 is 0. The van der Waals surface area contributed by atoms with Crippen LogP contribution in [0.25, 0.3) is 0 Å². The van der Waals surface area contributed by atoms with Crippen molar-refractivity contribution in [3.05, 3.63) is 53.6 Å². The summed E-state index contributed by atoms with van der Waals surface area (Å²) in [6.45, 7) is 3.81. The summed E-state index contributed by atoms with van der Waals surface area (Å²) in [7, 11) is 0.849. The number of likely N-dealkylation sites (tertiary alicyclic amines) is 1. The number of nitrogens with zero attached hydrogens (tertiary/aromatic N) is 4. The van der Waals surface area contributed by atoms with Gasteiger partial charge in [0.2, 0.25) is 27.7 Å². The third kappa shape index (κ3) is 4.57. The number of rotatable bonds is 9. The fourth-order valence-corrected chi connectivity index (χ4v) is 6.51. The van der Waals surface area contributed by atoms with Crippen molar-refractivity contribution >= 4 is 39.3 Å². The van der Waals surface area contributed by atoms with Gasteiger partial charge in [0.1, 0.15) is 12.3 Å². The van der Waals surface area contributed by atoms with Crippen LogP contribution < -0.4 is 9.64 Å². The number of hydrogen-bond donors (Lipinski definition) is 0. The van der Waals surface area contributed by atoms with Crippen LogP contribution in [0.5, 0.6) is 5.75 Å². The average molecular weight is 557 g/mol. The molecule has 1 unspecified atom stereocenters. The molecule has 1 atom stereocenters. The molecule has 0 aromatic heterocycles. The second kappa shape index (κ2) is 10.4. The lowest BCUT2D eigenvalue weighted by molar-refractivity contribution is -0.146. The highest BCUT2D eigenvalue weighted by Crippen LogP contribution is 2.50. The Balaban J connectivity index is 1.71. The lowest BCUT2D eigenvalue weighted by Gasteiger charge is -2.23. The summed E-state index contributed by atoms with van der Waals surface area (Å²) in [5.41, 5.74) is -0.384. The highest BCUT2D eigenvalue weighted by atomic mass is 32.2. The molecule has 4 amide bonds. The lowest BCUT2D eigenvalue weighted by atomic mass is 9.80. The molecule has 39 heavy (non-hydrogen) atoms. The van der Waals surface area contributed by atoms with Crippen LogP contribution in [0.1, 0.15) is 31.4 Å². The van der Waals surface area contributed by atoms with E-state index >= 15 is 0 Å². The Hall–Kier alpha value is -3.77. The molecule has 0 bridgehead atoms. The van der Waals surface area contributed by atoms with Crippen molar-refractivity contribution in [3.63, 3.8) is 0 Å². The van der Waals surface area contributed by atoms with Crippen molar-refractivity contribution in [2.24, 2.45) is 0 Å². The van der Waals surface area contributed by atoms with E-state index in [0.717, 1.165) is 4.90 Å². The molecule has 2 aromatic rings. The number of hydrogen-bond acceptors (Lipinski definition) is 7. The Morgan fingerprint density at radius 3 is 2.15 bits per heavy atom. The van der Waals surface area contributed by atoms with Gasteiger partial charge in [0.15, 0.2) is 5.41 Å². The molecule has 208 valence electrons. The van der Waals surface area contributed by atoms with E-state index in [9.17, 15) is 27.6 Å². The van der Waals surface area contributed by atoms with Crippen LogP contribution in [0.4, 0.5) is 5.69 Å². The number of ether oxygens (including phenoxy) is 1. The number of methoxy groups -OCH3 is 1. The zero-order chi connectivity index (χ0) is 28.7. The largest absolute Gasteiger partial charge is 0.497 e. The van der Waals surface area contributed by atoms with E-state index in [2.05, 4.69) is 0 Å². The number of carbonyl (C=O) groups excluding carboxylic acids is 4.